The first kappa shape index (κ1) is 16.8. The van der Waals surface area contributed by atoms with Gasteiger partial charge in [0.05, 0.1) is 0 Å². The molecule has 1 aliphatic heterocycles. The molecule has 0 spiro atoms. The quantitative estimate of drug-likeness (QED) is 0.867. The van der Waals surface area contributed by atoms with Crippen LogP contribution in [0.4, 0.5) is 13.2 Å². The lowest BCUT2D eigenvalue weighted by atomic mass is 10.2. The van der Waals surface area contributed by atoms with E-state index < -0.39 is 24.7 Å². The van der Waals surface area contributed by atoms with Crippen molar-refractivity contribution < 1.29 is 18.0 Å². The van der Waals surface area contributed by atoms with Crippen LogP contribution in [0.15, 0.2) is 12.1 Å². The van der Waals surface area contributed by atoms with Crippen molar-refractivity contribution in [3.05, 3.63) is 23.5 Å². The van der Waals surface area contributed by atoms with Gasteiger partial charge in [0.15, 0.2) is 0 Å². The van der Waals surface area contributed by atoms with Crippen molar-refractivity contribution in [2.75, 3.05) is 32.7 Å². The topological polar surface area (TPSA) is 49.3 Å². The van der Waals surface area contributed by atoms with Gasteiger partial charge in [-0.15, -0.1) is 0 Å². The third kappa shape index (κ3) is 3.80. The number of aromatic nitrogens is 1. The molecule has 2 heterocycles. The van der Waals surface area contributed by atoms with Crippen LogP contribution in [0.1, 0.15) is 16.2 Å². The highest BCUT2D eigenvalue weighted by atomic mass is 19.4. The van der Waals surface area contributed by atoms with Crippen LogP contribution in [0.3, 0.4) is 0 Å². The molecule has 2 N–H and O–H groups in total. The van der Waals surface area contributed by atoms with Gasteiger partial charge >= 0.3 is 6.18 Å². The SMILES string of the molecule is Cc1ccc(C(=O)NCC(N2CCNCC2)C(F)(F)F)n1C. The maximum atomic E-state index is 13.2. The number of alkyl halides is 3. The normalized spacial score (nSPS) is 18.2. The van der Waals surface area contributed by atoms with E-state index in [-0.39, 0.29) is 0 Å². The number of carbonyl (C=O) groups is 1. The average molecular weight is 318 g/mol. The molecule has 5 nitrogen and oxygen atoms in total. The Labute approximate surface area is 127 Å². The van der Waals surface area contributed by atoms with Crippen LogP contribution in [-0.2, 0) is 7.05 Å². The molecule has 0 aromatic carbocycles. The fraction of sp³-hybridized carbons (Fsp3) is 0.643. The zero-order chi connectivity index (χ0) is 16.3. The zero-order valence-electron chi connectivity index (χ0n) is 12.7. The van der Waals surface area contributed by atoms with Gasteiger partial charge < -0.3 is 15.2 Å². The predicted octanol–water partition coefficient (Wildman–Crippen LogP) is 0.899. The average Bonchev–Trinajstić information content (AvgIpc) is 2.79. The van der Waals surface area contributed by atoms with E-state index in [9.17, 15) is 18.0 Å². The fourth-order valence-corrected chi connectivity index (χ4v) is 2.57. The Morgan fingerprint density at radius 1 is 1.36 bits per heavy atom. The first-order valence-corrected chi connectivity index (χ1v) is 7.22. The van der Waals surface area contributed by atoms with Gasteiger partial charge in [-0.1, -0.05) is 0 Å². The van der Waals surface area contributed by atoms with Crippen LogP contribution >= 0.6 is 0 Å². The molecular formula is C14H21F3N4O. The van der Waals surface area contributed by atoms with Crippen LogP contribution < -0.4 is 10.6 Å². The van der Waals surface area contributed by atoms with Crippen molar-refractivity contribution in [3.8, 4) is 0 Å². The molecule has 0 radical (unpaired) electrons. The van der Waals surface area contributed by atoms with Gasteiger partial charge in [0.1, 0.15) is 11.7 Å². The number of hydrogen-bond donors (Lipinski definition) is 2. The standard InChI is InChI=1S/C14H21F3N4O/c1-10-3-4-11(20(10)2)13(22)19-9-12(14(15,16)17)21-7-5-18-6-8-21/h3-4,12,18H,5-9H2,1-2H3,(H,19,22). The van der Waals surface area contributed by atoms with Gasteiger partial charge in [-0.05, 0) is 19.1 Å². The number of piperazine rings is 1. The van der Waals surface area contributed by atoms with Gasteiger partial charge in [0, 0.05) is 45.5 Å². The first-order chi connectivity index (χ1) is 10.3. The summed E-state index contributed by atoms with van der Waals surface area (Å²) >= 11 is 0. The summed E-state index contributed by atoms with van der Waals surface area (Å²) in [6.45, 7) is 3.09. The van der Waals surface area contributed by atoms with Crippen LogP contribution in [0.5, 0.6) is 0 Å². The Bertz CT molecular complexity index is 521. The Kier molecular flexibility index (Phi) is 5.12. The fourth-order valence-electron chi connectivity index (χ4n) is 2.57. The summed E-state index contributed by atoms with van der Waals surface area (Å²) in [5.74, 6) is -0.486. The van der Waals surface area contributed by atoms with Crippen molar-refractivity contribution >= 4 is 5.91 Å². The van der Waals surface area contributed by atoms with E-state index in [1.54, 1.807) is 23.7 Å². The molecule has 1 fully saturated rings. The molecule has 8 heteroatoms. The van der Waals surface area contributed by atoms with Crippen molar-refractivity contribution in [1.29, 1.82) is 0 Å². The largest absolute Gasteiger partial charge is 0.405 e. The maximum Gasteiger partial charge on any atom is 0.405 e. The lowest BCUT2D eigenvalue weighted by Gasteiger charge is -2.35. The highest BCUT2D eigenvalue weighted by Gasteiger charge is 2.43. The molecule has 0 bridgehead atoms. The summed E-state index contributed by atoms with van der Waals surface area (Å²) in [6.07, 6.45) is -4.37. The Morgan fingerprint density at radius 2 is 2.00 bits per heavy atom. The molecule has 1 unspecified atom stereocenters. The summed E-state index contributed by atoms with van der Waals surface area (Å²) in [6, 6.07) is 1.71. The van der Waals surface area contributed by atoms with E-state index in [0.29, 0.717) is 31.9 Å². The molecule has 22 heavy (non-hydrogen) atoms. The summed E-state index contributed by atoms with van der Waals surface area (Å²) in [5, 5.41) is 5.44. The number of halogens is 3. The highest BCUT2D eigenvalue weighted by Crippen LogP contribution is 2.24. The smallest absolute Gasteiger partial charge is 0.349 e. The number of carbonyl (C=O) groups excluding carboxylic acids is 1. The second-order valence-electron chi connectivity index (χ2n) is 5.47. The molecule has 0 saturated carbocycles. The predicted molar refractivity (Wildman–Crippen MR) is 76.8 cm³/mol. The van der Waals surface area contributed by atoms with E-state index in [1.807, 2.05) is 6.92 Å². The highest BCUT2D eigenvalue weighted by molar-refractivity contribution is 5.92. The van der Waals surface area contributed by atoms with Gasteiger partial charge in [0.2, 0.25) is 0 Å². The van der Waals surface area contributed by atoms with Crippen LogP contribution in [0.25, 0.3) is 0 Å². The van der Waals surface area contributed by atoms with E-state index in [0.717, 1.165) is 5.69 Å². The number of nitrogens with one attached hydrogen (secondary N) is 2. The second kappa shape index (κ2) is 6.70. The van der Waals surface area contributed by atoms with Crippen LogP contribution in [-0.4, -0.2) is 60.3 Å². The minimum Gasteiger partial charge on any atom is -0.349 e. The van der Waals surface area contributed by atoms with E-state index in [1.165, 1.54) is 4.90 Å². The van der Waals surface area contributed by atoms with E-state index in [2.05, 4.69) is 10.6 Å². The Hall–Kier alpha value is -1.54. The summed E-state index contributed by atoms with van der Waals surface area (Å²) in [4.78, 5) is 13.4. The van der Waals surface area contributed by atoms with Crippen molar-refractivity contribution in [1.82, 2.24) is 20.1 Å². The Morgan fingerprint density at radius 3 is 2.50 bits per heavy atom. The summed E-state index contributed by atoms with van der Waals surface area (Å²) in [7, 11) is 1.71. The summed E-state index contributed by atoms with van der Waals surface area (Å²) < 4.78 is 41.3. The minimum atomic E-state index is -4.37. The van der Waals surface area contributed by atoms with E-state index >= 15 is 0 Å². The number of aryl methyl sites for hydroxylation is 1. The molecular weight excluding hydrogens is 297 g/mol. The number of amides is 1. The number of hydrogen-bond acceptors (Lipinski definition) is 3. The molecule has 124 valence electrons. The molecule has 0 aliphatic carbocycles. The second-order valence-corrected chi connectivity index (χ2v) is 5.47. The molecule has 1 aromatic rings. The van der Waals surface area contributed by atoms with E-state index in [4.69, 9.17) is 0 Å². The molecule has 1 aromatic heterocycles. The molecule has 2 rings (SSSR count). The van der Waals surface area contributed by atoms with Gasteiger partial charge in [-0.25, -0.2) is 0 Å². The number of rotatable bonds is 4. The van der Waals surface area contributed by atoms with Crippen LogP contribution in [0.2, 0.25) is 0 Å². The monoisotopic (exact) mass is 318 g/mol. The van der Waals surface area contributed by atoms with Crippen LogP contribution in [0, 0.1) is 6.92 Å². The third-order valence-corrected chi connectivity index (χ3v) is 4.03. The van der Waals surface area contributed by atoms with Crippen molar-refractivity contribution in [2.24, 2.45) is 7.05 Å². The lowest BCUT2D eigenvalue weighted by Crippen LogP contribution is -2.57. The zero-order valence-corrected chi connectivity index (χ0v) is 12.7. The van der Waals surface area contributed by atoms with Crippen molar-refractivity contribution in [2.45, 2.75) is 19.1 Å². The third-order valence-electron chi connectivity index (χ3n) is 4.03. The lowest BCUT2D eigenvalue weighted by molar-refractivity contribution is -0.183. The molecule has 1 atom stereocenters. The van der Waals surface area contributed by atoms with Gasteiger partial charge in [-0.2, -0.15) is 13.2 Å². The summed E-state index contributed by atoms with van der Waals surface area (Å²) in [5.41, 5.74) is 1.23. The van der Waals surface area contributed by atoms with Gasteiger partial charge in [0.25, 0.3) is 5.91 Å². The Balaban J connectivity index is 2.02. The molecule has 1 saturated heterocycles. The van der Waals surface area contributed by atoms with Crippen molar-refractivity contribution in [3.63, 3.8) is 0 Å². The minimum absolute atomic E-state index is 0.323. The number of nitrogens with zero attached hydrogens (tertiary/aromatic N) is 2. The maximum absolute atomic E-state index is 13.2. The molecule has 1 aliphatic rings. The first-order valence-electron chi connectivity index (χ1n) is 7.22. The molecule has 1 amide bonds. The van der Waals surface area contributed by atoms with Gasteiger partial charge in [-0.3, -0.25) is 9.69 Å².